The van der Waals surface area contributed by atoms with E-state index < -0.39 is 23.2 Å². The van der Waals surface area contributed by atoms with Crippen molar-refractivity contribution < 1.29 is 19.1 Å². The van der Waals surface area contributed by atoms with E-state index in [-0.39, 0.29) is 28.5 Å². The third-order valence-electron chi connectivity index (χ3n) is 9.54. The second kappa shape index (κ2) is 8.77. The van der Waals surface area contributed by atoms with E-state index in [1.54, 1.807) is 36.4 Å². The minimum atomic E-state index is -1.08. The van der Waals surface area contributed by atoms with Crippen molar-refractivity contribution >= 4 is 51.8 Å². The number of carbonyl (C=O) groups excluding carboxylic acids is 1. The lowest BCUT2D eigenvalue weighted by molar-refractivity contribution is -0.129. The first kappa shape index (κ1) is 25.3. The van der Waals surface area contributed by atoms with Crippen LogP contribution >= 0.6 is 23.2 Å². The van der Waals surface area contributed by atoms with E-state index in [9.17, 15) is 14.7 Å². The fourth-order valence-corrected chi connectivity index (χ4v) is 7.98. The van der Waals surface area contributed by atoms with Gasteiger partial charge >= 0.3 is 5.97 Å². The second-order valence-electron chi connectivity index (χ2n) is 11.8. The van der Waals surface area contributed by atoms with Crippen LogP contribution < -0.4 is 5.32 Å². The van der Waals surface area contributed by atoms with Gasteiger partial charge in [-0.3, -0.25) is 9.69 Å². The summed E-state index contributed by atoms with van der Waals surface area (Å²) in [5, 5.41) is 13.2. The van der Waals surface area contributed by atoms with Crippen LogP contribution in [0.2, 0.25) is 10.0 Å². The summed E-state index contributed by atoms with van der Waals surface area (Å²) in [6.45, 7) is 1.29. The van der Waals surface area contributed by atoms with Crippen LogP contribution in [0.3, 0.4) is 0 Å². The van der Waals surface area contributed by atoms with Gasteiger partial charge in [-0.2, -0.15) is 0 Å². The van der Waals surface area contributed by atoms with Gasteiger partial charge in [0.1, 0.15) is 17.2 Å². The van der Waals surface area contributed by atoms with E-state index in [0.717, 1.165) is 36.3 Å². The maximum absolute atomic E-state index is 16.1. The van der Waals surface area contributed by atoms with Crippen LogP contribution in [0.4, 0.5) is 10.1 Å². The SMILES string of the molecule is O=C(O)c1ccc2c(c1)nc1n2C[C@H]2[C@@H]1[C@H](c1cccc(Cl)c1F)[C@@]1(Cc3ccc(Cl)cc3NC1=O)N2CC1CC1. The molecule has 2 fully saturated rings. The van der Waals surface area contributed by atoms with E-state index in [1.165, 1.54) is 6.07 Å². The zero-order valence-corrected chi connectivity index (χ0v) is 23.3. The summed E-state index contributed by atoms with van der Waals surface area (Å²) in [4.78, 5) is 33.4. The molecule has 7 nitrogen and oxygen atoms in total. The number of benzene rings is 3. The molecule has 3 aliphatic heterocycles. The standard InChI is InChI=1S/C31H25Cl2FN4O3/c32-18-8-6-17-12-31(30(41)36-21(17)11-18)26(19-2-1-3-20(33)27(19)34)25-24(38(31)13-15-4-5-15)14-37-23-9-7-16(29(39)40)10-22(23)35-28(25)37/h1-3,6-11,15,24-26H,4-5,12-14H2,(H,36,41)(H,39,40)/t24-,25+,26-,31+/m0/s1. The molecule has 4 atom stereocenters. The van der Waals surface area contributed by atoms with E-state index in [4.69, 9.17) is 28.2 Å². The summed E-state index contributed by atoms with van der Waals surface area (Å²) < 4.78 is 18.2. The molecule has 8 rings (SSSR count). The summed E-state index contributed by atoms with van der Waals surface area (Å²) in [7, 11) is 0. The number of halogens is 3. The van der Waals surface area contributed by atoms with Crippen molar-refractivity contribution in [3.63, 3.8) is 0 Å². The second-order valence-corrected chi connectivity index (χ2v) is 12.6. The topological polar surface area (TPSA) is 87.5 Å². The summed E-state index contributed by atoms with van der Waals surface area (Å²) in [6.07, 6.45) is 2.59. The van der Waals surface area contributed by atoms with Crippen molar-refractivity contribution in [2.45, 2.75) is 49.2 Å². The van der Waals surface area contributed by atoms with E-state index in [0.29, 0.717) is 40.7 Å². The molecule has 2 N–H and O–H groups in total. The summed E-state index contributed by atoms with van der Waals surface area (Å²) in [5.74, 6) is -1.43. The maximum Gasteiger partial charge on any atom is 0.335 e. The number of hydrogen-bond donors (Lipinski definition) is 2. The molecule has 1 saturated heterocycles. The van der Waals surface area contributed by atoms with Gasteiger partial charge in [-0.15, -0.1) is 0 Å². The Balaban J connectivity index is 1.37. The molecule has 1 amide bonds. The highest BCUT2D eigenvalue weighted by atomic mass is 35.5. The van der Waals surface area contributed by atoms with Crippen molar-refractivity contribution in [2.75, 3.05) is 11.9 Å². The molecule has 1 saturated carbocycles. The number of anilines is 1. The third-order valence-corrected chi connectivity index (χ3v) is 10.1. The fraction of sp³-hybridized carbons (Fsp3) is 0.323. The number of carbonyl (C=O) groups is 2. The number of nitrogens with one attached hydrogen (secondary N) is 1. The fourth-order valence-electron chi connectivity index (χ4n) is 7.63. The number of carboxylic acid groups (broad SMARTS) is 1. The molecule has 0 radical (unpaired) electrons. The molecule has 0 unspecified atom stereocenters. The van der Waals surface area contributed by atoms with Crippen LogP contribution in [0.15, 0.2) is 54.6 Å². The van der Waals surface area contributed by atoms with Crippen LogP contribution in [-0.2, 0) is 17.8 Å². The summed E-state index contributed by atoms with van der Waals surface area (Å²) >= 11 is 12.6. The van der Waals surface area contributed by atoms with Crippen LogP contribution in [0.1, 0.15) is 52.0 Å². The van der Waals surface area contributed by atoms with Gasteiger partial charge < -0.3 is 15.0 Å². The summed E-state index contributed by atoms with van der Waals surface area (Å²) in [5.41, 5.74) is 2.50. The molecule has 0 bridgehead atoms. The number of nitrogens with zero attached hydrogens (tertiary/aromatic N) is 3. The zero-order chi connectivity index (χ0) is 28.2. The van der Waals surface area contributed by atoms with Gasteiger partial charge in [-0.05, 0) is 66.3 Å². The average Bonchev–Trinajstić information content (AvgIpc) is 3.53. The molecule has 10 heteroatoms. The quantitative estimate of drug-likeness (QED) is 0.300. The molecule has 4 heterocycles. The highest BCUT2D eigenvalue weighted by Crippen LogP contribution is 2.61. The predicted molar refractivity (Wildman–Crippen MR) is 153 cm³/mol. The molecular formula is C31H25Cl2FN4O3. The van der Waals surface area contributed by atoms with Crippen LogP contribution in [0.5, 0.6) is 0 Å². The molecule has 1 aromatic heterocycles. The highest BCUT2D eigenvalue weighted by molar-refractivity contribution is 6.31. The highest BCUT2D eigenvalue weighted by Gasteiger charge is 2.67. The van der Waals surface area contributed by atoms with E-state index in [1.807, 2.05) is 12.1 Å². The number of aromatic carboxylic acids is 1. The Morgan fingerprint density at radius 1 is 1.15 bits per heavy atom. The number of rotatable bonds is 4. The molecular weight excluding hydrogens is 566 g/mol. The van der Waals surface area contributed by atoms with Gasteiger partial charge in [-0.25, -0.2) is 14.2 Å². The van der Waals surface area contributed by atoms with Crippen molar-refractivity contribution in [3.05, 3.63) is 93.0 Å². The Morgan fingerprint density at radius 3 is 2.76 bits per heavy atom. The normalized spacial score (nSPS) is 26.7. The monoisotopic (exact) mass is 590 g/mol. The largest absolute Gasteiger partial charge is 0.478 e. The number of amides is 1. The van der Waals surface area contributed by atoms with Crippen LogP contribution in [-0.4, -0.2) is 49.6 Å². The number of likely N-dealkylation sites (tertiary alicyclic amines) is 1. The Hall–Kier alpha value is -3.46. The van der Waals surface area contributed by atoms with Gasteiger partial charge in [0.05, 0.1) is 21.6 Å². The van der Waals surface area contributed by atoms with Crippen molar-refractivity contribution in [3.8, 4) is 0 Å². The van der Waals surface area contributed by atoms with Crippen molar-refractivity contribution in [1.82, 2.24) is 14.5 Å². The summed E-state index contributed by atoms with van der Waals surface area (Å²) in [6, 6.07) is 15.4. The number of aromatic nitrogens is 2. The van der Waals surface area contributed by atoms with Crippen LogP contribution in [0, 0.1) is 11.7 Å². The Kier molecular flexibility index (Phi) is 5.40. The van der Waals surface area contributed by atoms with E-state index in [2.05, 4.69) is 14.8 Å². The lowest BCUT2D eigenvalue weighted by atomic mass is 9.69. The third kappa shape index (κ3) is 3.57. The maximum atomic E-state index is 16.1. The minimum Gasteiger partial charge on any atom is -0.478 e. The first-order valence-corrected chi connectivity index (χ1v) is 14.6. The Bertz CT molecular complexity index is 1800. The first-order chi connectivity index (χ1) is 19.8. The molecule has 208 valence electrons. The van der Waals surface area contributed by atoms with Crippen molar-refractivity contribution in [2.24, 2.45) is 5.92 Å². The molecule has 1 aliphatic carbocycles. The van der Waals surface area contributed by atoms with E-state index >= 15 is 4.39 Å². The molecule has 4 aromatic rings. The Labute approximate surface area is 244 Å². The average molecular weight is 591 g/mol. The zero-order valence-electron chi connectivity index (χ0n) is 21.8. The molecule has 41 heavy (non-hydrogen) atoms. The van der Waals surface area contributed by atoms with Gasteiger partial charge in [0, 0.05) is 48.1 Å². The lowest BCUT2D eigenvalue weighted by Crippen LogP contribution is -2.61. The number of hydrogen-bond acceptors (Lipinski definition) is 4. The number of fused-ring (bicyclic) bond motifs is 6. The minimum absolute atomic E-state index is 0.0100. The first-order valence-electron chi connectivity index (χ1n) is 13.8. The molecule has 1 spiro atoms. The lowest BCUT2D eigenvalue weighted by Gasteiger charge is -2.46. The molecule has 4 aliphatic rings. The number of imidazole rings is 1. The van der Waals surface area contributed by atoms with Gasteiger partial charge in [0.15, 0.2) is 0 Å². The Morgan fingerprint density at radius 2 is 1.98 bits per heavy atom. The number of carboxylic acids is 1. The van der Waals surface area contributed by atoms with Crippen molar-refractivity contribution in [1.29, 1.82) is 0 Å². The molecule has 3 aromatic carbocycles. The van der Waals surface area contributed by atoms with Crippen LogP contribution in [0.25, 0.3) is 11.0 Å². The van der Waals surface area contributed by atoms with Gasteiger partial charge in [0.25, 0.3) is 0 Å². The van der Waals surface area contributed by atoms with Gasteiger partial charge in [0.2, 0.25) is 5.91 Å². The van der Waals surface area contributed by atoms with Gasteiger partial charge in [-0.1, -0.05) is 41.4 Å². The predicted octanol–water partition coefficient (Wildman–Crippen LogP) is 6.09. The smallest absolute Gasteiger partial charge is 0.335 e.